The van der Waals surface area contributed by atoms with E-state index in [2.05, 4.69) is 0 Å². The van der Waals surface area contributed by atoms with Crippen LogP contribution >= 0.6 is 11.6 Å². The van der Waals surface area contributed by atoms with E-state index >= 15 is 0 Å². The van der Waals surface area contributed by atoms with Crippen LogP contribution in [0.2, 0.25) is 0 Å². The highest BCUT2D eigenvalue weighted by molar-refractivity contribution is 6.17. The summed E-state index contributed by atoms with van der Waals surface area (Å²) in [6.07, 6.45) is 2.48. The van der Waals surface area contributed by atoms with Crippen molar-refractivity contribution >= 4 is 23.2 Å². The Kier molecular flexibility index (Phi) is 4.37. The number of benzene rings is 1. The molecule has 6 heteroatoms. The highest BCUT2D eigenvalue weighted by Crippen LogP contribution is 2.24. The largest absolute Gasteiger partial charge is 0.338 e. The normalized spacial score (nSPS) is 14.4. The number of amides is 1. The highest BCUT2D eigenvalue weighted by atomic mass is 35.5. The number of non-ortho nitro benzene ring substituents is 1. The number of hydrogen-bond donors (Lipinski definition) is 0. The summed E-state index contributed by atoms with van der Waals surface area (Å²) < 4.78 is 0. The average molecular weight is 283 g/mol. The van der Waals surface area contributed by atoms with Crippen LogP contribution in [-0.2, 0) is 6.42 Å². The second kappa shape index (κ2) is 6.02. The number of nitro groups is 1. The molecule has 1 aromatic rings. The lowest BCUT2D eigenvalue weighted by Crippen LogP contribution is -2.38. The molecule has 2 rings (SSSR count). The van der Waals surface area contributed by atoms with Crippen molar-refractivity contribution in [2.75, 3.05) is 19.0 Å². The average Bonchev–Trinajstić information content (AvgIpc) is 2.41. The van der Waals surface area contributed by atoms with Crippen molar-refractivity contribution in [2.24, 2.45) is 0 Å². The van der Waals surface area contributed by atoms with Gasteiger partial charge in [-0.1, -0.05) is 6.07 Å². The van der Waals surface area contributed by atoms with Gasteiger partial charge in [0.1, 0.15) is 0 Å². The van der Waals surface area contributed by atoms with Gasteiger partial charge in [-0.25, -0.2) is 0 Å². The fourth-order valence-electron chi connectivity index (χ4n) is 2.23. The van der Waals surface area contributed by atoms with E-state index in [0.717, 1.165) is 24.8 Å². The molecule has 0 atom stereocenters. The molecule has 1 heterocycles. The van der Waals surface area contributed by atoms with Gasteiger partial charge in [0.25, 0.3) is 11.6 Å². The van der Waals surface area contributed by atoms with Crippen LogP contribution in [0.25, 0.3) is 0 Å². The first-order valence-electron chi connectivity index (χ1n) is 6.26. The zero-order chi connectivity index (χ0) is 13.8. The molecule has 102 valence electrons. The summed E-state index contributed by atoms with van der Waals surface area (Å²) in [6, 6.07) is 4.52. The molecule has 0 N–H and O–H groups in total. The highest BCUT2D eigenvalue weighted by Gasteiger charge is 2.25. The van der Waals surface area contributed by atoms with Gasteiger partial charge in [-0.2, -0.15) is 0 Å². The van der Waals surface area contributed by atoms with Crippen molar-refractivity contribution in [1.29, 1.82) is 0 Å². The van der Waals surface area contributed by atoms with E-state index in [0.29, 0.717) is 24.5 Å². The van der Waals surface area contributed by atoms with Gasteiger partial charge in [-0.3, -0.25) is 14.9 Å². The minimum Gasteiger partial charge on any atom is -0.338 e. The van der Waals surface area contributed by atoms with Crippen LogP contribution in [0.3, 0.4) is 0 Å². The number of nitrogens with zero attached hydrogens (tertiary/aromatic N) is 2. The smallest absolute Gasteiger partial charge is 0.270 e. The molecule has 0 aromatic heterocycles. The van der Waals surface area contributed by atoms with E-state index in [1.165, 1.54) is 12.1 Å². The SMILES string of the molecule is O=C1c2cc([N+](=O)[O-])ccc2CCN1CCCCCl. The third-order valence-electron chi connectivity index (χ3n) is 3.28. The number of nitro benzene ring substituents is 1. The van der Waals surface area contributed by atoms with Gasteiger partial charge in [-0.05, 0) is 24.8 Å². The number of halogens is 1. The summed E-state index contributed by atoms with van der Waals surface area (Å²) in [5.74, 6) is 0.476. The van der Waals surface area contributed by atoms with Gasteiger partial charge in [-0.15, -0.1) is 11.6 Å². The Morgan fingerprint density at radius 2 is 2.16 bits per heavy atom. The Hall–Kier alpha value is -1.62. The number of rotatable bonds is 5. The molecule has 1 aliphatic heterocycles. The minimum atomic E-state index is -0.472. The van der Waals surface area contributed by atoms with Gasteiger partial charge in [0.2, 0.25) is 0 Å². The number of alkyl halides is 1. The number of carbonyl (C=O) groups excluding carboxylic acids is 1. The van der Waals surface area contributed by atoms with Gasteiger partial charge in [0.15, 0.2) is 0 Å². The molecule has 0 bridgehead atoms. The van der Waals surface area contributed by atoms with Gasteiger partial charge in [0.05, 0.1) is 4.92 Å². The predicted molar refractivity (Wildman–Crippen MR) is 72.7 cm³/mol. The number of unbranched alkanes of at least 4 members (excludes halogenated alkanes) is 1. The molecule has 0 spiro atoms. The fraction of sp³-hybridized carbons (Fsp3) is 0.462. The summed E-state index contributed by atoms with van der Waals surface area (Å²) in [4.78, 5) is 24.3. The Morgan fingerprint density at radius 1 is 1.37 bits per heavy atom. The second-order valence-corrected chi connectivity index (χ2v) is 4.91. The summed E-state index contributed by atoms with van der Waals surface area (Å²) in [5.41, 5.74) is 1.32. The summed E-state index contributed by atoms with van der Waals surface area (Å²) >= 11 is 5.61. The fourth-order valence-corrected chi connectivity index (χ4v) is 2.42. The Morgan fingerprint density at radius 3 is 2.84 bits per heavy atom. The lowest BCUT2D eigenvalue weighted by molar-refractivity contribution is -0.384. The lowest BCUT2D eigenvalue weighted by Gasteiger charge is -2.28. The van der Waals surface area contributed by atoms with Crippen LogP contribution in [0, 0.1) is 10.1 Å². The van der Waals surface area contributed by atoms with Gasteiger partial charge >= 0.3 is 0 Å². The third-order valence-corrected chi connectivity index (χ3v) is 3.55. The van der Waals surface area contributed by atoms with E-state index in [-0.39, 0.29) is 11.6 Å². The summed E-state index contributed by atoms with van der Waals surface area (Å²) in [7, 11) is 0. The van der Waals surface area contributed by atoms with Crippen molar-refractivity contribution in [1.82, 2.24) is 4.90 Å². The molecule has 1 aliphatic rings. The number of carbonyl (C=O) groups is 1. The molecule has 5 nitrogen and oxygen atoms in total. The molecule has 0 saturated heterocycles. The van der Waals surface area contributed by atoms with Crippen LogP contribution in [0.4, 0.5) is 5.69 Å². The van der Waals surface area contributed by atoms with E-state index in [4.69, 9.17) is 11.6 Å². The molecule has 1 amide bonds. The Bertz CT molecular complexity index is 505. The quantitative estimate of drug-likeness (QED) is 0.361. The minimum absolute atomic E-state index is 0.0327. The molecule has 0 saturated carbocycles. The van der Waals surface area contributed by atoms with Crippen molar-refractivity contribution in [3.8, 4) is 0 Å². The first kappa shape index (κ1) is 13.8. The van der Waals surface area contributed by atoms with Crippen molar-refractivity contribution in [3.05, 3.63) is 39.4 Å². The van der Waals surface area contributed by atoms with E-state index in [1.54, 1.807) is 11.0 Å². The monoisotopic (exact) mass is 282 g/mol. The molecule has 19 heavy (non-hydrogen) atoms. The van der Waals surface area contributed by atoms with Crippen LogP contribution in [0.5, 0.6) is 0 Å². The van der Waals surface area contributed by atoms with Crippen LogP contribution in [0.1, 0.15) is 28.8 Å². The number of hydrogen-bond acceptors (Lipinski definition) is 3. The molecule has 1 aromatic carbocycles. The zero-order valence-electron chi connectivity index (χ0n) is 10.5. The zero-order valence-corrected chi connectivity index (χ0v) is 11.2. The summed E-state index contributed by atoms with van der Waals surface area (Å²) in [5, 5.41) is 10.8. The second-order valence-electron chi connectivity index (χ2n) is 4.54. The first-order chi connectivity index (χ1) is 9.13. The maximum absolute atomic E-state index is 12.3. The third kappa shape index (κ3) is 3.04. The maximum Gasteiger partial charge on any atom is 0.270 e. The van der Waals surface area contributed by atoms with Crippen molar-refractivity contribution in [3.63, 3.8) is 0 Å². The first-order valence-corrected chi connectivity index (χ1v) is 6.79. The molecule has 0 unspecified atom stereocenters. The Balaban J connectivity index is 2.16. The number of fused-ring (bicyclic) bond motifs is 1. The Labute approximate surface area is 116 Å². The lowest BCUT2D eigenvalue weighted by atomic mass is 9.98. The molecular weight excluding hydrogens is 268 g/mol. The summed E-state index contributed by atoms with van der Waals surface area (Å²) in [6.45, 7) is 1.33. The molecule has 0 fully saturated rings. The van der Waals surface area contributed by atoms with E-state index in [9.17, 15) is 14.9 Å². The van der Waals surface area contributed by atoms with E-state index < -0.39 is 4.92 Å². The molecule has 0 radical (unpaired) electrons. The van der Waals surface area contributed by atoms with Crippen LogP contribution in [0.15, 0.2) is 18.2 Å². The van der Waals surface area contributed by atoms with Gasteiger partial charge < -0.3 is 4.90 Å². The molecule has 0 aliphatic carbocycles. The van der Waals surface area contributed by atoms with Crippen LogP contribution < -0.4 is 0 Å². The topological polar surface area (TPSA) is 63.4 Å². The maximum atomic E-state index is 12.3. The van der Waals surface area contributed by atoms with Gasteiger partial charge in [0, 0.05) is 36.7 Å². The standard InChI is InChI=1S/C13H15ClN2O3/c14-6-1-2-7-15-8-5-10-3-4-11(16(18)19)9-12(10)13(15)17/h3-4,9H,1-2,5-8H2. The predicted octanol–water partition coefficient (Wildman–Crippen LogP) is 2.61. The van der Waals surface area contributed by atoms with Crippen molar-refractivity contribution < 1.29 is 9.72 Å². The van der Waals surface area contributed by atoms with Crippen LogP contribution in [-0.4, -0.2) is 34.7 Å². The molecular formula is C13H15ClN2O3. The van der Waals surface area contributed by atoms with Crippen molar-refractivity contribution in [2.45, 2.75) is 19.3 Å². The van der Waals surface area contributed by atoms with E-state index in [1.807, 2.05) is 0 Å².